The van der Waals surface area contributed by atoms with Gasteiger partial charge in [-0.2, -0.15) is 5.26 Å². The number of carbonyl (C=O) groups excluding carboxylic acids is 1. The van der Waals surface area contributed by atoms with Crippen molar-refractivity contribution in [2.24, 2.45) is 5.92 Å². The average molecular weight is 262 g/mol. The van der Waals surface area contributed by atoms with Crippen LogP contribution in [0.4, 0.5) is 5.69 Å². The Kier molecular flexibility index (Phi) is 6.41. The van der Waals surface area contributed by atoms with E-state index in [1.54, 1.807) is 31.4 Å². The smallest absolute Gasteiger partial charge is 0.224 e. The highest BCUT2D eigenvalue weighted by Crippen LogP contribution is 2.16. The van der Waals surface area contributed by atoms with E-state index in [1.807, 2.05) is 13.0 Å². The molecule has 0 bridgehead atoms. The molecule has 0 saturated carbocycles. The molecule has 5 nitrogen and oxygen atoms in total. The molecular weight excluding hydrogens is 244 g/mol. The fourth-order valence-corrected chi connectivity index (χ4v) is 1.62. The zero-order chi connectivity index (χ0) is 14.1. The van der Waals surface area contributed by atoms with Gasteiger partial charge in [0.05, 0.1) is 0 Å². The van der Waals surface area contributed by atoms with Crippen LogP contribution in [-0.2, 0) is 9.53 Å². The molecule has 1 rings (SSSR count). The molecule has 0 aromatic heterocycles. The highest BCUT2D eigenvalue weighted by atomic mass is 16.5. The number of nitrogens with one attached hydrogen (secondary N) is 1. The van der Waals surface area contributed by atoms with Crippen LogP contribution in [0.25, 0.3) is 0 Å². The molecule has 5 heteroatoms. The quantitative estimate of drug-likeness (QED) is 0.817. The highest BCUT2D eigenvalue weighted by molar-refractivity contribution is 5.90. The van der Waals surface area contributed by atoms with Gasteiger partial charge in [0, 0.05) is 25.8 Å². The zero-order valence-electron chi connectivity index (χ0n) is 11.2. The number of amides is 1. The minimum absolute atomic E-state index is 0.0141. The summed E-state index contributed by atoms with van der Waals surface area (Å²) in [5.74, 6) is 0.741. The first-order chi connectivity index (χ1) is 9.15. The Hall–Kier alpha value is -2.06. The van der Waals surface area contributed by atoms with Crippen molar-refractivity contribution in [3.8, 4) is 11.8 Å². The monoisotopic (exact) mass is 262 g/mol. The van der Waals surface area contributed by atoms with E-state index in [4.69, 9.17) is 14.7 Å². The summed E-state index contributed by atoms with van der Waals surface area (Å²) in [5.41, 5.74) is 0.707. The second-order valence-electron chi connectivity index (χ2n) is 4.28. The predicted octanol–water partition coefficient (Wildman–Crippen LogP) is 2.20. The summed E-state index contributed by atoms with van der Waals surface area (Å²) >= 11 is 0. The molecule has 0 radical (unpaired) electrons. The van der Waals surface area contributed by atoms with Crippen molar-refractivity contribution in [2.45, 2.75) is 13.3 Å². The molecule has 0 aliphatic heterocycles. The molecule has 102 valence electrons. The molecule has 1 amide bonds. The van der Waals surface area contributed by atoms with Gasteiger partial charge in [-0.3, -0.25) is 4.79 Å². The second-order valence-corrected chi connectivity index (χ2v) is 4.28. The van der Waals surface area contributed by atoms with Gasteiger partial charge in [0.25, 0.3) is 0 Å². The molecule has 0 saturated heterocycles. The third kappa shape index (κ3) is 5.89. The minimum Gasteiger partial charge on any atom is -0.479 e. The van der Waals surface area contributed by atoms with Crippen molar-refractivity contribution >= 4 is 11.6 Å². The predicted molar refractivity (Wildman–Crippen MR) is 71.8 cm³/mol. The molecule has 0 spiro atoms. The van der Waals surface area contributed by atoms with E-state index in [0.717, 1.165) is 0 Å². The number of nitriles is 1. The molecule has 0 fully saturated rings. The van der Waals surface area contributed by atoms with Gasteiger partial charge in [-0.05, 0) is 30.2 Å². The van der Waals surface area contributed by atoms with Crippen LogP contribution in [0.5, 0.6) is 5.75 Å². The minimum atomic E-state index is -0.0461. The number of anilines is 1. The number of rotatable bonds is 7. The number of benzene rings is 1. The van der Waals surface area contributed by atoms with E-state index < -0.39 is 0 Å². The first-order valence-corrected chi connectivity index (χ1v) is 6.04. The summed E-state index contributed by atoms with van der Waals surface area (Å²) in [6.07, 6.45) is 0.417. The maximum Gasteiger partial charge on any atom is 0.224 e. The van der Waals surface area contributed by atoms with Gasteiger partial charge in [-0.25, -0.2) is 0 Å². The SMILES string of the molecule is COCC(C)CC(=O)Nc1ccc(OCC#N)cc1. The third-order valence-corrected chi connectivity index (χ3v) is 2.43. The van der Waals surface area contributed by atoms with Gasteiger partial charge < -0.3 is 14.8 Å². The van der Waals surface area contributed by atoms with Crippen LogP contribution in [-0.4, -0.2) is 26.2 Å². The van der Waals surface area contributed by atoms with Crippen LogP contribution in [0.15, 0.2) is 24.3 Å². The molecule has 1 aromatic rings. The largest absolute Gasteiger partial charge is 0.479 e. The van der Waals surface area contributed by atoms with E-state index in [0.29, 0.717) is 24.5 Å². The number of hydrogen-bond donors (Lipinski definition) is 1. The Morgan fingerprint density at radius 2 is 2.11 bits per heavy atom. The van der Waals surface area contributed by atoms with Crippen LogP contribution >= 0.6 is 0 Å². The Morgan fingerprint density at radius 3 is 2.68 bits per heavy atom. The number of nitrogens with zero attached hydrogens (tertiary/aromatic N) is 1. The van der Waals surface area contributed by atoms with E-state index in [1.165, 1.54) is 0 Å². The maximum absolute atomic E-state index is 11.7. The molecule has 19 heavy (non-hydrogen) atoms. The number of carbonyl (C=O) groups is 1. The molecule has 1 aromatic carbocycles. The normalized spacial score (nSPS) is 11.4. The van der Waals surface area contributed by atoms with Crippen molar-refractivity contribution in [2.75, 3.05) is 25.6 Å². The molecule has 0 aliphatic rings. The van der Waals surface area contributed by atoms with Gasteiger partial charge in [0.15, 0.2) is 6.61 Å². The highest BCUT2D eigenvalue weighted by Gasteiger charge is 2.09. The molecular formula is C14H18N2O3. The van der Waals surface area contributed by atoms with Crippen molar-refractivity contribution in [1.82, 2.24) is 0 Å². The Morgan fingerprint density at radius 1 is 1.42 bits per heavy atom. The molecule has 0 aliphatic carbocycles. The van der Waals surface area contributed by atoms with Crippen molar-refractivity contribution in [3.05, 3.63) is 24.3 Å². The first kappa shape index (κ1) is 15.0. The lowest BCUT2D eigenvalue weighted by molar-refractivity contribution is -0.117. The van der Waals surface area contributed by atoms with Crippen molar-refractivity contribution in [3.63, 3.8) is 0 Å². The lowest BCUT2D eigenvalue weighted by Gasteiger charge is -2.10. The van der Waals surface area contributed by atoms with E-state index >= 15 is 0 Å². The molecule has 1 N–H and O–H groups in total. The Bertz CT molecular complexity index is 437. The zero-order valence-corrected chi connectivity index (χ0v) is 11.2. The Balaban J connectivity index is 2.44. The molecule has 1 atom stereocenters. The third-order valence-electron chi connectivity index (χ3n) is 2.43. The summed E-state index contributed by atoms with van der Waals surface area (Å²) in [6.45, 7) is 2.54. The van der Waals surface area contributed by atoms with Gasteiger partial charge in [-0.1, -0.05) is 6.92 Å². The standard InChI is InChI=1S/C14H18N2O3/c1-11(10-18-2)9-14(17)16-12-3-5-13(6-4-12)19-8-7-15/h3-6,11H,8-10H2,1-2H3,(H,16,17). The van der Waals surface area contributed by atoms with E-state index in [-0.39, 0.29) is 18.4 Å². The summed E-state index contributed by atoms with van der Waals surface area (Å²) in [4.78, 5) is 11.7. The summed E-state index contributed by atoms with van der Waals surface area (Å²) < 4.78 is 10.1. The van der Waals surface area contributed by atoms with Crippen LogP contribution in [0.3, 0.4) is 0 Å². The summed E-state index contributed by atoms with van der Waals surface area (Å²) in [5, 5.41) is 11.2. The van der Waals surface area contributed by atoms with Crippen LogP contribution < -0.4 is 10.1 Å². The molecule has 1 unspecified atom stereocenters. The fourth-order valence-electron chi connectivity index (χ4n) is 1.62. The van der Waals surface area contributed by atoms with E-state index in [9.17, 15) is 4.79 Å². The first-order valence-electron chi connectivity index (χ1n) is 6.04. The average Bonchev–Trinajstić information content (AvgIpc) is 2.38. The Labute approximate surface area is 113 Å². The number of methoxy groups -OCH3 is 1. The topological polar surface area (TPSA) is 71.3 Å². The maximum atomic E-state index is 11.7. The second kappa shape index (κ2) is 8.11. The number of ether oxygens (including phenoxy) is 2. The lowest BCUT2D eigenvalue weighted by Crippen LogP contribution is -2.17. The molecule has 0 heterocycles. The fraction of sp³-hybridized carbons (Fsp3) is 0.429. The van der Waals surface area contributed by atoms with Gasteiger partial charge >= 0.3 is 0 Å². The number of hydrogen-bond acceptors (Lipinski definition) is 4. The van der Waals surface area contributed by atoms with Crippen molar-refractivity contribution < 1.29 is 14.3 Å². The summed E-state index contributed by atoms with van der Waals surface area (Å²) in [6, 6.07) is 8.80. The van der Waals surface area contributed by atoms with Crippen LogP contribution in [0, 0.1) is 17.2 Å². The summed E-state index contributed by atoms with van der Waals surface area (Å²) in [7, 11) is 1.62. The van der Waals surface area contributed by atoms with Gasteiger partial charge in [0.2, 0.25) is 5.91 Å². The van der Waals surface area contributed by atoms with E-state index in [2.05, 4.69) is 5.32 Å². The van der Waals surface area contributed by atoms with Crippen LogP contribution in [0.2, 0.25) is 0 Å². The van der Waals surface area contributed by atoms with Crippen molar-refractivity contribution in [1.29, 1.82) is 5.26 Å². The van der Waals surface area contributed by atoms with Gasteiger partial charge in [0.1, 0.15) is 11.8 Å². The van der Waals surface area contributed by atoms with Crippen LogP contribution in [0.1, 0.15) is 13.3 Å². The van der Waals surface area contributed by atoms with Gasteiger partial charge in [-0.15, -0.1) is 0 Å². The lowest BCUT2D eigenvalue weighted by atomic mass is 10.1.